The number of hydrogen-bond donors (Lipinski definition) is 1. The molecule has 110 valence electrons. The Balaban J connectivity index is 2.28. The van der Waals surface area contributed by atoms with Gasteiger partial charge in [0.2, 0.25) is 5.88 Å². The number of ether oxygens (including phenoxy) is 1. The van der Waals surface area contributed by atoms with Gasteiger partial charge in [-0.15, -0.1) is 0 Å². The molecule has 1 aromatic carbocycles. The molecule has 0 aliphatic carbocycles. The first kappa shape index (κ1) is 14.8. The van der Waals surface area contributed by atoms with Gasteiger partial charge >= 0.3 is 0 Å². The molecule has 1 heterocycles. The van der Waals surface area contributed by atoms with E-state index < -0.39 is 34.7 Å². The average molecular weight is 300 g/mol. The number of aromatic nitrogens is 1. The molecule has 0 saturated carbocycles. The number of amides is 1. The highest BCUT2D eigenvalue weighted by Gasteiger charge is 2.23. The third-order valence-corrected chi connectivity index (χ3v) is 2.55. The van der Waals surface area contributed by atoms with Crippen molar-refractivity contribution in [2.75, 3.05) is 12.4 Å². The summed E-state index contributed by atoms with van der Waals surface area (Å²) < 4.78 is 57.1. The molecule has 0 unspecified atom stereocenters. The fourth-order valence-corrected chi connectivity index (χ4v) is 1.51. The fourth-order valence-electron chi connectivity index (χ4n) is 1.51. The summed E-state index contributed by atoms with van der Waals surface area (Å²) in [6.07, 6.45) is 1.20. The van der Waals surface area contributed by atoms with Crippen molar-refractivity contribution in [2.45, 2.75) is 0 Å². The minimum atomic E-state index is -2.05. The summed E-state index contributed by atoms with van der Waals surface area (Å²) >= 11 is 0. The molecule has 1 amide bonds. The summed E-state index contributed by atoms with van der Waals surface area (Å²) in [4.78, 5) is 15.5. The van der Waals surface area contributed by atoms with Crippen molar-refractivity contribution < 1.29 is 27.1 Å². The van der Waals surface area contributed by atoms with E-state index in [-0.39, 0.29) is 17.6 Å². The van der Waals surface area contributed by atoms with Gasteiger partial charge in [-0.3, -0.25) is 4.79 Å². The maximum atomic E-state index is 13.4. The average Bonchev–Trinajstić information content (AvgIpc) is 2.49. The van der Waals surface area contributed by atoms with Crippen LogP contribution in [0, 0.1) is 23.3 Å². The summed E-state index contributed by atoms with van der Waals surface area (Å²) in [6.45, 7) is 0. The van der Waals surface area contributed by atoms with Crippen molar-refractivity contribution in [3.05, 3.63) is 53.2 Å². The van der Waals surface area contributed by atoms with Crippen molar-refractivity contribution in [3.63, 3.8) is 0 Å². The molecule has 21 heavy (non-hydrogen) atoms. The fraction of sp³-hybridized carbons (Fsp3) is 0.0769. The maximum absolute atomic E-state index is 13.4. The van der Waals surface area contributed by atoms with Gasteiger partial charge < -0.3 is 10.1 Å². The lowest BCUT2D eigenvalue weighted by Crippen LogP contribution is -2.16. The van der Waals surface area contributed by atoms with Crippen LogP contribution in [0.5, 0.6) is 5.88 Å². The van der Waals surface area contributed by atoms with Gasteiger partial charge in [0.15, 0.2) is 23.3 Å². The summed E-state index contributed by atoms with van der Waals surface area (Å²) in [5, 5.41) is 2.17. The third kappa shape index (κ3) is 2.93. The molecule has 0 bridgehead atoms. The van der Waals surface area contributed by atoms with Crippen molar-refractivity contribution in [1.82, 2.24) is 4.98 Å². The molecule has 2 rings (SSSR count). The number of carbonyl (C=O) groups is 1. The first-order chi connectivity index (χ1) is 9.93. The standard InChI is InChI=1S/C13H8F4N2O2/c1-21-9-3-2-6(5-18-9)19-13(20)7-4-8(14)11(16)12(17)10(7)15/h2-5H,1H3,(H,19,20). The predicted octanol–water partition coefficient (Wildman–Crippen LogP) is 2.90. The topological polar surface area (TPSA) is 51.2 Å². The van der Waals surface area contributed by atoms with Crippen molar-refractivity contribution in [3.8, 4) is 5.88 Å². The molecule has 0 saturated heterocycles. The molecule has 1 aromatic heterocycles. The Morgan fingerprint density at radius 2 is 1.86 bits per heavy atom. The minimum Gasteiger partial charge on any atom is -0.481 e. The lowest BCUT2D eigenvalue weighted by atomic mass is 10.1. The Bertz CT molecular complexity index is 690. The number of benzene rings is 1. The van der Waals surface area contributed by atoms with E-state index in [0.717, 1.165) is 0 Å². The number of nitrogens with one attached hydrogen (secondary N) is 1. The van der Waals surface area contributed by atoms with Crippen LogP contribution in [0.15, 0.2) is 24.4 Å². The number of hydrogen-bond acceptors (Lipinski definition) is 3. The van der Waals surface area contributed by atoms with Crippen molar-refractivity contribution in [2.24, 2.45) is 0 Å². The molecule has 0 aliphatic heterocycles. The van der Waals surface area contributed by atoms with E-state index in [2.05, 4.69) is 10.3 Å². The van der Waals surface area contributed by atoms with Gasteiger partial charge in [-0.05, 0) is 12.1 Å². The molecule has 0 aliphatic rings. The number of halogens is 4. The molecule has 1 N–H and O–H groups in total. The first-order valence-electron chi connectivity index (χ1n) is 5.58. The van der Waals surface area contributed by atoms with Crippen LogP contribution in [0.2, 0.25) is 0 Å². The van der Waals surface area contributed by atoms with Gasteiger partial charge in [0.05, 0.1) is 24.6 Å². The SMILES string of the molecule is COc1ccc(NC(=O)c2cc(F)c(F)c(F)c2F)cn1. The smallest absolute Gasteiger partial charge is 0.258 e. The van der Waals surface area contributed by atoms with Crippen LogP contribution in [-0.4, -0.2) is 18.0 Å². The predicted molar refractivity (Wildman–Crippen MR) is 65.0 cm³/mol. The van der Waals surface area contributed by atoms with Gasteiger partial charge in [-0.1, -0.05) is 0 Å². The van der Waals surface area contributed by atoms with Gasteiger partial charge in [-0.2, -0.15) is 0 Å². The van der Waals surface area contributed by atoms with Crippen molar-refractivity contribution in [1.29, 1.82) is 0 Å². The Morgan fingerprint density at radius 3 is 2.43 bits per heavy atom. The second-order valence-corrected chi connectivity index (χ2v) is 3.89. The van der Waals surface area contributed by atoms with Gasteiger partial charge in [0.25, 0.3) is 5.91 Å². The van der Waals surface area contributed by atoms with E-state index in [4.69, 9.17) is 4.74 Å². The van der Waals surface area contributed by atoms with E-state index in [1.165, 1.54) is 25.4 Å². The van der Waals surface area contributed by atoms with E-state index in [9.17, 15) is 22.4 Å². The van der Waals surface area contributed by atoms with Gasteiger partial charge in [-0.25, -0.2) is 22.5 Å². The minimum absolute atomic E-state index is 0.144. The lowest BCUT2D eigenvalue weighted by molar-refractivity contribution is 0.102. The van der Waals surface area contributed by atoms with Crippen LogP contribution in [0.3, 0.4) is 0 Å². The van der Waals surface area contributed by atoms with E-state index in [1.807, 2.05) is 0 Å². The molecular weight excluding hydrogens is 292 g/mol. The zero-order valence-corrected chi connectivity index (χ0v) is 10.6. The Labute approximate surface area is 116 Å². The highest BCUT2D eigenvalue weighted by atomic mass is 19.2. The summed E-state index contributed by atoms with van der Waals surface area (Å²) in [5.41, 5.74) is -0.812. The largest absolute Gasteiger partial charge is 0.481 e. The number of rotatable bonds is 3. The monoisotopic (exact) mass is 300 g/mol. The van der Waals surface area contributed by atoms with Crippen molar-refractivity contribution >= 4 is 11.6 Å². The van der Waals surface area contributed by atoms with Crippen LogP contribution < -0.4 is 10.1 Å². The molecule has 0 spiro atoms. The number of methoxy groups -OCH3 is 1. The molecule has 2 aromatic rings. The quantitative estimate of drug-likeness (QED) is 0.539. The van der Waals surface area contributed by atoms with Crippen LogP contribution in [0.4, 0.5) is 23.2 Å². The Kier molecular flexibility index (Phi) is 4.06. The molecular formula is C13H8F4N2O2. The number of nitrogens with zero attached hydrogens (tertiary/aromatic N) is 1. The van der Waals surface area contributed by atoms with E-state index in [1.54, 1.807) is 0 Å². The van der Waals surface area contributed by atoms with Crippen LogP contribution in [-0.2, 0) is 0 Å². The van der Waals surface area contributed by atoms with E-state index >= 15 is 0 Å². The van der Waals surface area contributed by atoms with E-state index in [0.29, 0.717) is 0 Å². The van der Waals surface area contributed by atoms with Crippen LogP contribution >= 0.6 is 0 Å². The zero-order chi connectivity index (χ0) is 15.6. The molecule has 8 heteroatoms. The molecule has 4 nitrogen and oxygen atoms in total. The maximum Gasteiger partial charge on any atom is 0.258 e. The molecule has 0 radical (unpaired) electrons. The second-order valence-electron chi connectivity index (χ2n) is 3.89. The number of anilines is 1. The number of carbonyl (C=O) groups excluding carboxylic acids is 1. The molecule has 0 atom stereocenters. The summed E-state index contributed by atoms with van der Waals surface area (Å²) in [7, 11) is 1.39. The zero-order valence-electron chi connectivity index (χ0n) is 10.6. The lowest BCUT2D eigenvalue weighted by Gasteiger charge is -2.07. The van der Waals surface area contributed by atoms with Crippen LogP contribution in [0.1, 0.15) is 10.4 Å². The van der Waals surface area contributed by atoms with Crippen LogP contribution in [0.25, 0.3) is 0 Å². The molecule has 0 fully saturated rings. The second kappa shape index (κ2) is 5.78. The third-order valence-electron chi connectivity index (χ3n) is 2.55. The summed E-state index contributed by atoms with van der Waals surface area (Å²) in [5.74, 6) is -8.32. The Morgan fingerprint density at radius 1 is 1.14 bits per heavy atom. The number of pyridine rings is 1. The van der Waals surface area contributed by atoms with Gasteiger partial charge in [0.1, 0.15) is 0 Å². The summed E-state index contributed by atoms with van der Waals surface area (Å²) in [6, 6.07) is 3.08. The normalized spacial score (nSPS) is 10.3. The highest BCUT2D eigenvalue weighted by molar-refractivity contribution is 6.04. The highest BCUT2D eigenvalue weighted by Crippen LogP contribution is 2.20. The van der Waals surface area contributed by atoms with Gasteiger partial charge in [0, 0.05) is 6.07 Å². The Hall–Kier alpha value is -2.64. The first-order valence-corrected chi connectivity index (χ1v) is 5.58.